The molecule has 0 bridgehead atoms. The van der Waals surface area contributed by atoms with Crippen LogP contribution in [0.1, 0.15) is 44.8 Å². The third-order valence-electron chi connectivity index (χ3n) is 7.20. The van der Waals surface area contributed by atoms with E-state index in [1.54, 1.807) is 39.9 Å². The number of fused-ring (bicyclic) bond motifs is 4. The average molecular weight is 569 g/mol. The molecule has 6 rings (SSSR count). The normalized spacial score (nSPS) is 14.3. The number of rotatable bonds is 5. The van der Waals surface area contributed by atoms with E-state index >= 15 is 0 Å². The summed E-state index contributed by atoms with van der Waals surface area (Å²) in [4.78, 5) is 44.6. The largest absolute Gasteiger partial charge is 0.508 e. The highest BCUT2D eigenvalue weighted by Crippen LogP contribution is 2.47. The Morgan fingerprint density at radius 1 is 1.10 bits per heavy atom. The number of benzene rings is 3. The van der Waals surface area contributed by atoms with E-state index in [1.165, 1.54) is 31.2 Å². The number of pyridine rings is 1. The number of anilines is 2. The first-order valence-electron chi connectivity index (χ1n) is 12.9. The summed E-state index contributed by atoms with van der Waals surface area (Å²) in [5, 5.41) is 14.0. The molecule has 0 fully saturated rings. The summed E-state index contributed by atoms with van der Waals surface area (Å²) in [6.07, 6.45) is 3.29. The molecule has 5 aromatic rings. The van der Waals surface area contributed by atoms with E-state index in [2.05, 4.69) is 10.3 Å². The van der Waals surface area contributed by atoms with Crippen molar-refractivity contribution < 1.29 is 24.2 Å². The first kappa shape index (κ1) is 26.3. The Morgan fingerprint density at radius 3 is 2.61 bits per heavy atom. The number of nitrogens with zero attached hydrogens (tertiary/aromatic N) is 3. The van der Waals surface area contributed by atoms with Gasteiger partial charge in [0.1, 0.15) is 22.8 Å². The summed E-state index contributed by atoms with van der Waals surface area (Å²) < 4.78 is 7.24. The van der Waals surface area contributed by atoms with Gasteiger partial charge in [-0.15, -0.1) is 11.6 Å². The number of nitrogens with one attached hydrogen (secondary N) is 1. The van der Waals surface area contributed by atoms with Crippen LogP contribution >= 0.6 is 11.6 Å². The molecule has 10 heteroatoms. The lowest BCUT2D eigenvalue weighted by Gasteiger charge is -2.18. The number of carbonyl (C=O) groups excluding carboxylic acids is 3. The second-order valence-corrected chi connectivity index (χ2v) is 10.3. The zero-order valence-electron chi connectivity index (χ0n) is 22.2. The molecule has 0 aliphatic carbocycles. The number of imidazole rings is 1. The SMILES string of the molecule is CC(=O)Oc1cc2c(c3c(C)cccc13)[C@H](CCl)CN2C(=O)c1cn2cc(NC(=O)c3ccc(O)cc3)ccc2n1. The maximum absolute atomic E-state index is 13.9. The predicted octanol–water partition coefficient (Wildman–Crippen LogP) is 5.66. The Hall–Kier alpha value is -4.89. The lowest BCUT2D eigenvalue weighted by molar-refractivity contribution is -0.131. The topological polar surface area (TPSA) is 113 Å². The van der Waals surface area contributed by atoms with Crippen LogP contribution in [0.5, 0.6) is 11.5 Å². The number of aromatic hydroxyl groups is 1. The minimum atomic E-state index is -0.453. The molecule has 9 nitrogen and oxygen atoms in total. The molecule has 1 aliphatic heterocycles. The third kappa shape index (κ3) is 4.74. The summed E-state index contributed by atoms with van der Waals surface area (Å²) in [7, 11) is 0. The summed E-state index contributed by atoms with van der Waals surface area (Å²) in [5.74, 6) is -0.473. The Morgan fingerprint density at radius 2 is 1.88 bits per heavy atom. The van der Waals surface area contributed by atoms with E-state index in [4.69, 9.17) is 16.3 Å². The standard InChI is InChI=1S/C31H25ClN4O5/c1-17-4-3-5-23-26(41-18(2)37)12-25-29(28(17)23)20(13-32)14-36(25)31(40)24-16-35-15-21(8-11-27(35)34-24)33-30(39)19-6-9-22(38)10-7-19/h3-12,15-16,20,38H,13-14H2,1-2H3,(H,33,39)/t20-/m1/s1. The monoisotopic (exact) mass is 568 g/mol. The molecule has 1 atom stereocenters. The fourth-order valence-corrected chi connectivity index (χ4v) is 5.62. The van der Waals surface area contributed by atoms with Crippen LogP contribution in [-0.4, -0.2) is 44.7 Å². The van der Waals surface area contributed by atoms with Gasteiger partial charge < -0.3 is 24.5 Å². The van der Waals surface area contributed by atoms with Crippen molar-refractivity contribution in [3.63, 3.8) is 0 Å². The van der Waals surface area contributed by atoms with E-state index in [0.29, 0.717) is 40.8 Å². The van der Waals surface area contributed by atoms with E-state index in [9.17, 15) is 19.5 Å². The van der Waals surface area contributed by atoms with Crippen molar-refractivity contribution in [1.29, 1.82) is 0 Å². The second-order valence-electron chi connectivity index (χ2n) is 9.98. The van der Waals surface area contributed by atoms with Crippen molar-refractivity contribution >= 4 is 57.2 Å². The first-order valence-corrected chi connectivity index (χ1v) is 13.5. The van der Waals surface area contributed by atoms with Crippen LogP contribution in [0.4, 0.5) is 11.4 Å². The molecular formula is C31H25ClN4O5. The molecule has 3 heterocycles. The number of phenols is 1. The van der Waals surface area contributed by atoms with Gasteiger partial charge in [-0.3, -0.25) is 14.4 Å². The fraction of sp³-hybridized carbons (Fsp3) is 0.161. The van der Waals surface area contributed by atoms with Crippen LogP contribution in [0.15, 0.2) is 73.1 Å². The molecule has 3 aromatic carbocycles. The molecule has 41 heavy (non-hydrogen) atoms. The van der Waals surface area contributed by atoms with E-state index in [0.717, 1.165) is 21.9 Å². The molecule has 2 N–H and O–H groups in total. The van der Waals surface area contributed by atoms with Crippen LogP contribution in [0, 0.1) is 6.92 Å². The van der Waals surface area contributed by atoms with E-state index < -0.39 is 5.97 Å². The smallest absolute Gasteiger partial charge is 0.308 e. The van der Waals surface area contributed by atoms with Crippen LogP contribution in [-0.2, 0) is 4.79 Å². The predicted molar refractivity (Wildman–Crippen MR) is 156 cm³/mol. The van der Waals surface area contributed by atoms with Gasteiger partial charge in [-0.2, -0.15) is 0 Å². The number of halogens is 1. The summed E-state index contributed by atoms with van der Waals surface area (Å²) in [5.41, 5.74) is 4.21. The second kappa shape index (κ2) is 10.3. The van der Waals surface area contributed by atoms with Crippen molar-refractivity contribution in [2.75, 3.05) is 22.6 Å². The Bertz CT molecular complexity index is 1860. The first-order chi connectivity index (χ1) is 19.7. The highest BCUT2D eigenvalue weighted by atomic mass is 35.5. The molecule has 1 aliphatic rings. The molecule has 0 radical (unpaired) electrons. The van der Waals surface area contributed by atoms with Crippen molar-refractivity contribution in [3.8, 4) is 11.5 Å². The van der Waals surface area contributed by atoms with Gasteiger partial charge in [-0.1, -0.05) is 18.2 Å². The van der Waals surface area contributed by atoms with Gasteiger partial charge in [0.05, 0.1) is 11.4 Å². The number of alkyl halides is 1. The molecule has 0 spiro atoms. The number of hydrogen-bond acceptors (Lipinski definition) is 6. The summed E-state index contributed by atoms with van der Waals surface area (Å²) in [6.45, 7) is 3.68. The highest BCUT2D eigenvalue weighted by Gasteiger charge is 2.36. The molecular weight excluding hydrogens is 544 g/mol. The van der Waals surface area contributed by atoms with Crippen LogP contribution < -0.4 is 15.0 Å². The number of phenolic OH excluding ortho intramolecular Hbond substituents is 1. The number of aromatic nitrogens is 2. The number of hydrogen-bond donors (Lipinski definition) is 2. The van der Waals surface area contributed by atoms with Gasteiger partial charge in [-0.25, -0.2) is 4.98 Å². The van der Waals surface area contributed by atoms with Crippen molar-refractivity contribution in [2.24, 2.45) is 0 Å². The van der Waals surface area contributed by atoms with E-state index in [1.807, 2.05) is 25.1 Å². The van der Waals surface area contributed by atoms with Gasteiger partial charge >= 0.3 is 5.97 Å². The molecule has 2 aromatic heterocycles. The number of aryl methyl sites for hydroxylation is 1. The minimum Gasteiger partial charge on any atom is -0.508 e. The summed E-state index contributed by atoms with van der Waals surface area (Å²) >= 11 is 6.41. The maximum atomic E-state index is 13.9. The Balaban J connectivity index is 1.35. The third-order valence-corrected chi connectivity index (χ3v) is 7.57. The number of carbonyl (C=O) groups is 3. The van der Waals surface area contributed by atoms with Gasteiger partial charge in [0.25, 0.3) is 11.8 Å². The van der Waals surface area contributed by atoms with E-state index in [-0.39, 0.29) is 29.2 Å². The number of esters is 1. The highest BCUT2D eigenvalue weighted by molar-refractivity contribution is 6.19. The lowest BCUT2D eigenvalue weighted by atomic mass is 9.92. The number of ether oxygens (including phenoxy) is 1. The van der Waals surface area contributed by atoms with Crippen LogP contribution in [0.25, 0.3) is 16.4 Å². The fourth-order valence-electron chi connectivity index (χ4n) is 5.37. The van der Waals surface area contributed by atoms with Crippen molar-refractivity contribution in [3.05, 3.63) is 95.4 Å². The molecule has 0 saturated heterocycles. The molecule has 0 unspecified atom stereocenters. The number of amides is 2. The lowest BCUT2D eigenvalue weighted by Crippen LogP contribution is -2.30. The minimum absolute atomic E-state index is 0.0718. The Kier molecular flexibility index (Phi) is 6.59. The zero-order valence-corrected chi connectivity index (χ0v) is 23.0. The average Bonchev–Trinajstić information content (AvgIpc) is 3.54. The summed E-state index contributed by atoms with van der Waals surface area (Å²) in [6, 6.07) is 16.9. The van der Waals surface area contributed by atoms with Crippen LogP contribution in [0.3, 0.4) is 0 Å². The van der Waals surface area contributed by atoms with Gasteiger partial charge in [0.15, 0.2) is 0 Å². The zero-order chi connectivity index (χ0) is 28.8. The van der Waals surface area contributed by atoms with Gasteiger partial charge in [0, 0.05) is 54.7 Å². The van der Waals surface area contributed by atoms with Gasteiger partial charge in [-0.05, 0) is 59.8 Å². The quantitative estimate of drug-likeness (QED) is 0.161. The van der Waals surface area contributed by atoms with Gasteiger partial charge in [0.2, 0.25) is 0 Å². The molecule has 206 valence electrons. The Labute approximate surface area is 239 Å². The molecule has 0 saturated carbocycles. The van der Waals surface area contributed by atoms with Crippen molar-refractivity contribution in [2.45, 2.75) is 19.8 Å². The van der Waals surface area contributed by atoms with Crippen LogP contribution in [0.2, 0.25) is 0 Å². The molecule has 2 amide bonds. The van der Waals surface area contributed by atoms with Crippen molar-refractivity contribution in [1.82, 2.24) is 9.38 Å². The maximum Gasteiger partial charge on any atom is 0.308 e.